The Kier molecular flexibility index (Phi) is 6.79. The van der Waals surface area contributed by atoms with Gasteiger partial charge in [-0.25, -0.2) is 4.98 Å². The Morgan fingerprint density at radius 2 is 1.85 bits per heavy atom. The van der Waals surface area contributed by atoms with Gasteiger partial charge in [-0.05, 0) is 91.3 Å². The van der Waals surface area contributed by atoms with E-state index in [4.69, 9.17) is 39.8 Å². The Bertz CT molecular complexity index is 1410. The van der Waals surface area contributed by atoms with E-state index in [9.17, 15) is 4.79 Å². The number of carbonyl (C=O) groups is 1. The highest BCUT2D eigenvalue weighted by molar-refractivity contribution is 7.80. The van der Waals surface area contributed by atoms with Crippen LogP contribution in [0.25, 0.3) is 28.6 Å². The molecular weight excluding hydrogens is 477 g/mol. The van der Waals surface area contributed by atoms with Gasteiger partial charge in [-0.2, -0.15) is 0 Å². The molecule has 0 saturated heterocycles. The molecular formula is C25H19Cl2N3O2S. The summed E-state index contributed by atoms with van der Waals surface area (Å²) in [5.41, 5.74) is 5.99. The zero-order valence-corrected chi connectivity index (χ0v) is 20.1. The normalized spacial score (nSPS) is 11.2. The van der Waals surface area contributed by atoms with Gasteiger partial charge in [0.2, 0.25) is 11.8 Å². The minimum absolute atomic E-state index is 0.157. The van der Waals surface area contributed by atoms with E-state index in [1.807, 2.05) is 24.3 Å². The van der Waals surface area contributed by atoms with Gasteiger partial charge < -0.3 is 9.73 Å². The van der Waals surface area contributed by atoms with Crippen LogP contribution in [0.1, 0.15) is 16.7 Å². The van der Waals surface area contributed by atoms with Crippen LogP contribution in [0.5, 0.6) is 0 Å². The number of aryl methyl sites for hydroxylation is 2. The number of nitrogens with one attached hydrogen (secondary N) is 2. The third-order valence-corrected chi connectivity index (χ3v) is 5.78. The molecule has 8 heteroatoms. The number of aromatic nitrogens is 1. The zero-order valence-electron chi connectivity index (χ0n) is 17.8. The Morgan fingerprint density at radius 3 is 2.61 bits per heavy atom. The van der Waals surface area contributed by atoms with Crippen molar-refractivity contribution in [2.24, 2.45) is 0 Å². The number of fused-ring (bicyclic) bond motifs is 1. The van der Waals surface area contributed by atoms with Crippen molar-refractivity contribution < 1.29 is 9.21 Å². The lowest BCUT2D eigenvalue weighted by atomic mass is 10.1. The van der Waals surface area contributed by atoms with Crippen molar-refractivity contribution >= 4 is 69.3 Å². The number of halogens is 2. The minimum atomic E-state index is -0.391. The van der Waals surface area contributed by atoms with E-state index >= 15 is 0 Å². The van der Waals surface area contributed by atoms with Crippen LogP contribution in [0.4, 0.5) is 5.69 Å². The number of nitrogens with zero attached hydrogens (tertiary/aromatic N) is 1. The molecule has 0 aliphatic rings. The largest absolute Gasteiger partial charge is 0.436 e. The molecule has 166 valence electrons. The summed E-state index contributed by atoms with van der Waals surface area (Å²) < 4.78 is 5.89. The van der Waals surface area contributed by atoms with Crippen molar-refractivity contribution in [1.82, 2.24) is 10.3 Å². The number of amides is 1. The van der Waals surface area contributed by atoms with E-state index in [-0.39, 0.29) is 5.11 Å². The maximum Gasteiger partial charge on any atom is 0.250 e. The number of oxazole rings is 1. The van der Waals surface area contributed by atoms with Crippen LogP contribution in [0, 0.1) is 13.8 Å². The van der Waals surface area contributed by atoms with Gasteiger partial charge in [0.1, 0.15) is 5.52 Å². The van der Waals surface area contributed by atoms with Gasteiger partial charge >= 0.3 is 0 Å². The number of benzene rings is 3. The quantitative estimate of drug-likeness (QED) is 0.237. The predicted molar refractivity (Wildman–Crippen MR) is 139 cm³/mol. The van der Waals surface area contributed by atoms with Gasteiger partial charge in [0.05, 0.1) is 0 Å². The summed E-state index contributed by atoms with van der Waals surface area (Å²) in [6.07, 6.45) is 2.94. The number of rotatable bonds is 4. The first-order valence-corrected chi connectivity index (χ1v) is 11.2. The Labute approximate surface area is 206 Å². The number of thiocarbonyl (C=S) groups is 1. The molecule has 4 aromatic rings. The Balaban J connectivity index is 1.42. The van der Waals surface area contributed by atoms with Gasteiger partial charge in [-0.3, -0.25) is 10.1 Å². The van der Waals surface area contributed by atoms with Crippen LogP contribution >= 0.6 is 35.4 Å². The van der Waals surface area contributed by atoms with Crippen molar-refractivity contribution in [2.75, 3.05) is 5.32 Å². The molecule has 5 nitrogen and oxygen atoms in total. The molecule has 1 amide bonds. The van der Waals surface area contributed by atoms with Crippen LogP contribution in [-0.2, 0) is 4.79 Å². The van der Waals surface area contributed by atoms with Crippen LogP contribution in [0.3, 0.4) is 0 Å². The van der Waals surface area contributed by atoms with Gasteiger partial charge in [0.15, 0.2) is 10.7 Å². The zero-order chi connectivity index (χ0) is 23.5. The van der Waals surface area contributed by atoms with Crippen LogP contribution in [-0.4, -0.2) is 16.0 Å². The summed E-state index contributed by atoms with van der Waals surface area (Å²) in [5.74, 6) is 0.158. The standard InChI is InChI=1S/C25H19Cl2N3O2S/c1-14-3-4-17(11-15(14)2)24-29-21-13-19(8-9-22(21)32-24)28-25(33)30-23(31)10-6-16-5-7-18(26)12-20(16)27/h3-13H,1-2H3,(H2,28,30,31,33)/b10-6+. The molecule has 0 saturated carbocycles. The molecule has 0 atom stereocenters. The predicted octanol–water partition coefficient (Wildman–Crippen LogP) is 6.94. The summed E-state index contributed by atoms with van der Waals surface area (Å²) in [7, 11) is 0. The first-order chi connectivity index (χ1) is 15.8. The van der Waals surface area contributed by atoms with E-state index in [1.54, 1.807) is 30.3 Å². The molecule has 4 rings (SSSR count). The van der Waals surface area contributed by atoms with Gasteiger partial charge in [-0.15, -0.1) is 0 Å². The summed E-state index contributed by atoms with van der Waals surface area (Å²) in [5, 5.41) is 6.72. The lowest BCUT2D eigenvalue weighted by Gasteiger charge is -2.07. The van der Waals surface area contributed by atoms with Crippen LogP contribution in [0.15, 0.2) is 65.1 Å². The van der Waals surface area contributed by atoms with Crippen molar-refractivity contribution in [1.29, 1.82) is 0 Å². The molecule has 33 heavy (non-hydrogen) atoms. The molecule has 0 bridgehead atoms. The average molecular weight is 496 g/mol. The van der Waals surface area contributed by atoms with Gasteiger partial charge in [-0.1, -0.05) is 35.3 Å². The molecule has 0 radical (unpaired) electrons. The molecule has 0 aliphatic carbocycles. The van der Waals surface area contributed by atoms with E-state index in [0.29, 0.717) is 38.3 Å². The fraction of sp³-hybridized carbons (Fsp3) is 0.0800. The monoisotopic (exact) mass is 495 g/mol. The third kappa shape index (κ3) is 5.60. The summed E-state index contributed by atoms with van der Waals surface area (Å²) >= 11 is 17.2. The second kappa shape index (κ2) is 9.75. The fourth-order valence-electron chi connectivity index (χ4n) is 3.12. The van der Waals surface area contributed by atoms with E-state index in [1.165, 1.54) is 17.2 Å². The highest BCUT2D eigenvalue weighted by Crippen LogP contribution is 2.27. The smallest absolute Gasteiger partial charge is 0.250 e. The van der Waals surface area contributed by atoms with E-state index in [2.05, 4.69) is 35.5 Å². The van der Waals surface area contributed by atoms with Crippen molar-refractivity contribution in [3.63, 3.8) is 0 Å². The Hall–Kier alpha value is -3.19. The molecule has 3 aromatic carbocycles. The molecule has 0 aliphatic heterocycles. The van der Waals surface area contributed by atoms with Gasteiger partial charge in [0, 0.05) is 27.4 Å². The summed E-state index contributed by atoms with van der Waals surface area (Å²) in [4.78, 5) is 16.8. The lowest BCUT2D eigenvalue weighted by molar-refractivity contribution is -0.115. The molecule has 0 spiro atoms. The fourth-order valence-corrected chi connectivity index (χ4v) is 3.81. The van der Waals surface area contributed by atoms with Gasteiger partial charge in [0.25, 0.3) is 0 Å². The maximum atomic E-state index is 12.2. The number of hydrogen-bond acceptors (Lipinski definition) is 4. The number of carbonyl (C=O) groups excluding carboxylic acids is 1. The SMILES string of the molecule is Cc1ccc(-c2nc3cc(NC(=S)NC(=O)/C=C/c4ccc(Cl)cc4Cl)ccc3o2)cc1C. The highest BCUT2D eigenvalue weighted by Gasteiger charge is 2.11. The second-order valence-corrected chi connectivity index (χ2v) is 8.69. The van der Waals surface area contributed by atoms with E-state index in [0.717, 1.165) is 5.56 Å². The first-order valence-electron chi connectivity index (χ1n) is 10.0. The minimum Gasteiger partial charge on any atom is -0.436 e. The molecule has 1 heterocycles. The first kappa shape index (κ1) is 23.0. The maximum absolute atomic E-state index is 12.2. The molecule has 0 unspecified atom stereocenters. The molecule has 0 fully saturated rings. The number of hydrogen-bond donors (Lipinski definition) is 2. The summed E-state index contributed by atoms with van der Waals surface area (Å²) in [6, 6.07) is 16.5. The topological polar surface area (TPSA) is 67.2 Å². The Morgan fingerprint density at radius 1 is 1.03 bits per heavy atom. The van der Waals surface area contributed by atoms with E-state index < -0.39 is 5.91 Å². The highest BCUT2D eigenvalue weighted by atomic mass is 35.5. The lowest BCUT2D eigenvalue weighted by Crippen LogP contribution is -2.32. The summed E-state index contributed by atoms with van der Waals surface area (Å²) in [6.45, 7) is 4.12. The van der Waals surface area contributed by atoms with Crippen LogP contribution < -0.4 is 10.6 Å². The average Bonchev–Trinajstić information content (AvgIpc) is 3.18. The second-order valence-electron chi connectivity index (χ2n) is 7.44. The molecule has 1 aromatic heterocycles. The number of anilines is 1. The van der Waals surface area contributed by atoms with Crippen LogP contribution in [0.2, 0.25) is 10.0 Å². The third-order valence-electron chi connectivity index (χ3n) is 5.01. The van der Waals surface area contributed by atoms with Crippen molar-refractivity contribution in [3.05, 3.63) is 87.4 Å². The molecule has 2 N–H and O–H groups in total. The van der Waals surface area contributed by atoms with Crippen molar-refractivity contribution in [3.8, 4) is 11.5 Å². The van der Waals surface area contributed by atoms with Crippen molar-refractivity contribution in [2.45, 2.75) is 13.8 Å².